The lowest BCUT2D eigenvalue weighted by Gasteiger charge is -2.12. The normalized spacial score (nSPS) is 10.9. The molecule has 0 spiro atoms. The second-order valence-corrected chi connectivity index (χ2v) is 7.97. The lowest BCUT2D eigenvalue weighted by Crippen LogP contribution is -2.26. The minimum absolute atomic E-state index is 0.0282. The number of nitrogens with zero attached hydrogens (tertiary/aromatic N) is 1. The first-order valence-electron chi connectivity index (χ1n) is 9.92. The molecule has 0 radical (unpaired) electrons. The number of alkyl halides is 2. The third-order valence-electron chi connectivity index (χ3n) is 4.83. The molecule has 1 N–H and O–H groups in total. The molecule has 32 heavy (non-hydrogen) atoms. The summed E-state index contributed by atoms with van der Waals surface area (Å²) in [4.78, 5) is 13.6. The highest BCUT2D eigenvalue weighted by Gasteiger charge is 2.15. The second kappa shape index (κ2) is 11.0. The van der Waals surface area contributed by atoms with Crippen molar-refractivity contribution in [2.24, 2.45) is 0 Å². The molecule has 2 aromatic carbocycles. The van der Waals surface area contributed by atoms with Crippen LogP contribution in [0.2, 0.25) is 0 Å². The minimum Gasteiger partial charge on any atom is -0.493 e. The van der Waals surface area contributed by atoms with Crippen LogP contribution < -0.4 is 14.8 Å². The fraction of sp³-hybridized carbons (Fsp3) is 0.304. The Kier molecular flexibility index (Phi) is 8.10. The van der Waals surface area contributed by atoms with E-state index in [2.05, 4.69) is 15.2 Å². The van der Waals surface area contributed by atoms with Gasteiger partial charge in [0.2, 0.25) is 0 Å². The molecule has 0 aliphatic heterocycles. The summed E-state index contributed by atoms with van der Waals surface area (Å²) in [6.07, 6.45) is 0.505. The average Bonchev–Trinajstić information content (AvgIpc) is 3.10. The highest BCUT2D eigenvalue weighted by atomic mass is 32.2. The van der Waals surface area contributed by atoms with Crippen molar-refractivity contribution in [1.82, 2.24) is 10.5 Å². The fourth-order valence-electron chi connectivity index (χ4n) is 3.11. The van der Waals surface area contributed by atoms with Gasteiger partial charge >= 0.3 is 6.61 Å². The van der Waals surface area contributed by atoms with E-state index in [9.17, 15) is 13.6 Å². The standard InChI is InChI=1S/C23H24F2N2O4S/c1-14-18(15(2)31-27-14)13-32-21-7-5-4-6-17(21)22(28)26-11-10-16-8-9-19(30-23(24)25)20(12-16)29-3/h4-9,12,23H,10-11,13H2,1-3H3,(H,26,28). The summed E-state index contributed by atoms with van der Waals surface area (Å²) in [7, 11) is 1.39. The third kappa shape index (κ3) is 6.00. The smallest absolute Gasteiger partial charge is 0.387 e. The van der Waals surface area contributed by atoms with E-state index in [-0.39, 0.29) is 17.4 Å². The number of thioether (sulfide) groups is 1. The average molecular weight is 463 g/mol. The van der Waals surface area contributed by atoms with E-state index in [4.69, 9.17) is 9.26 Å². The van der Waals surface area contributed by atoms with Gasteiger partial charge < -0.3 is 19.3 Å². The maximum absolute atomic E-state index is 12.8. The van der Waals surface area contributed by atoms with E-state index in [1.165, 1.54) is 13.2 Å². The van der Waals surface area contributed by atoms with Crippen molar-refractivity contribution >= 4 is 17.7 Å². The number of carbonyl (C=O) groups is 1. The molecule has 1 amide bonds. The molecule has 0 atom stereocenters. The molecule has 0 unspecified atom stereocenters. The largest absolute Gasteiger partial charge is 0.493 e. The first kappa shape index (κ1) is 23.6. The molecular formula is C23H24F2N2O4S. The van der Waals surface area contributed by atoms with Crippen LogP contribution in [0.3, 0.4) is 0 Å². The fourth-order valence-corrected chi connectivity index (χ4v) is 4.32. The molecule has 6 nitrogen and oxygen atoms in total. The molecule has 0 saturated carbocycles. The Balaban J connectivity index is 1.60. The number of nitrogens with one attached hydrogen (secondary N) is 1. The van der Waals surface area contributed by atoms with Gasteiger partial charge in [0, 0.05) is 22.8 Å². The lowest BCUT2D eigenvalue weighted by molar-refractivity contribution is -0.0512. The molecule has 0 saturated heterocycles. The summed E-state index contributed by atoms with van der Waals surface area (Å²) in [5.41, 5.74) is 3.28. The van der Waals surface area contributed by atoms with Gasteiger partial charge in [-0.2, -0.15) is 8.78 Å². The SMILES string of the molecule is COc1cc(CCNC(=O)c2ccccc2SCc2c(C)noc2C)ccc1OC(F)F. The highest BCUT2D eigenvalue weighted by molar-refractivity contribution is 7.98. The molecule has 0 aliphatic carbocycles. The van der Waals surface area contributed by atoms with Crippen LogP contribution in [0.5, 0.6) is 11.5 Å². The molecule has 0 fully saturated rings. The summed E-state index contributed by atoms with van der Waals surface area (Å²) in [5, 5.41) is 6.88. The first-order chi connectivity index (χ1) is 15.4. The molecular weight excluding hydrogens is 438 g/mol. The van der Waals surface area contributed by atoms with Crippen molar-refractivity contribution in [3.05, 3.63) is 70.6 Å². The Hall–Kier alpha value is -3.07. The van der Waals surface area contributed by atoms with E-state index in [1.54, 1.807) is 30.0 Å². The molecule has 1 heterocycles. The van der Waals surface area contributed by atoms with E-state index in [0.29, 0.717) is 24.3 Å². The van der Waals surface area contributed by atoms with Gasteiger partial charge in [0.05, 0.1) is 18.4 Å². The summed E-state index contributed by atoms with van der Waals surface area (Å²) in [6.45, 7) is 1.21. The number of amides is 1. The van der Waals surface area contributed by atoms with Crippen LogP contribution in [0.15, 0.2) is 51.9 Å². The Bertz CT molecular complexity index is 1050. The maximum atomic E-state index is 12.8. The molecule has 9 heteroatoms. The quantitative estimate of drug-likeness (QED) is 0.419. The van der Waals surface area contributed by atoms with E-state index >= 15 is 0 Å². The number of carbonyl (C=O) groups excluding carboxylic acids is 1. The maximum Gasteiger partial charge on any atom is 0.387 e. The van der Waals surface area contributed by atoms with Gasteiger partial charge in [-0.25, -0.2) is 0 Å². The van der Waals surface area contributed by atoms with Gasteiger partial charge in [-0.1, -0.05) is 23.4 Å². The first-order valence-corrected chi connectivity index (χ1v) is 10.9. The Morgan fingerprint density at radius 3 is 2.66 bits per heavy atom. The number of hydrogen-bond donors (Lipinski definition) is 1. The van der Waals surface area contributed by atoms with Gasteiger partial charge in [-0.15, -0.1) is 11.8 Å². The van der Waals surface area contributed by atoms with Crippen LogP contribution in [0.25, 0.3) is 0 Å². The van der Waals surface area contributed by atoms with Crippen LogP contribution in [-0.2, 0) is 12.2 Å². The van der Waals surface area contributed by atoms with Crippen LogP contribution in [0.1, 0.15) is 32.9 Å². The summed E-state index contributed by atoms with van der Waals surface area (Å²) in [5.74, 6) is 1.43. The minimum atomic E-state index is -2.93. The molecule has 3 aromatic rings. The zero-order chi connectivity index (χ0) is 23.1. The van der Waals surface area contributed by atoms with Gasteiger partial charge in [-0.3, -0.25) is 4.79 Å². The topological polar surface area (TPSA) is 73.6 Å². The van der Waals surface area contributed by atoms with Crippen LogP contribution >= 0.6 is 11.8 Å². The zero-order valence-electron chi connectivity index (χ0n) is 18.0. The van der Waals surface area contributed by atoms with Crippen molar-refractivity contribution in [3.8, 4) is 11.5 Å². The Morgan fingerprint density at radius 2 is 1.97 bits per heavy atom. The molecule has 1 aromatic heterocycles. The van der Waals surface area contributed by atoms with Gasteiger partial charge in [-0.05, 0) is 50.1 Å². The monoisotopic (exact) mass is 462 g/mol. The van der Waals surface area contributed by atoms with Gasteiger partial charge in [0.15, 0.2) is 11.5 Å². The number of benzene rings is 2. The van der Waals surface area contributed by atoms with Crippen molar-refractivity contribution in [1.29, 1.82) is 0 Å². The molecule has 170 valence electrons. The number of methoxy groups -OCH3 is 1. The van der Waals surface area contributed by atoms with Crippen LogP contribution in [0, 0.1) is 13.8 Å². The number of halogens is 2. The number of aryl methyl sites for hydroxylation is 2. The van der Waals surface area contributed by atoms with E-state index in [1.807, 2.05) is 32.0 Å². The molecule has 0 bridgehead atoms. The van der Waals surface area contributed by atoms with Gasteiger partial charge in [0.25, 0.3) is 5.91 Å². The Labute approximate surface area is 189 Å². The number of rotatable bonds is 10. The molecule has 3 rings (SSSR count). The van der Waals surface area contributed by atoms with Crippen molar-refractivity contribution in [2.45, 2.75) is 37.5 Å². The molecule has 0 aliphatic rings. The lowest BCUT2D eigenvalue weighted by atomic mass is 10.1. The highest BCUT2D eigenvalue weighted by Crippen LogP contribution is 2.30. The van der Waals surface area contributed by atoms with E-state index in [0.717, 1.165) is 27.5 Å². The summed E-state index contributed by atoms with van der Waals surface area (Å²) < 4.78 is 39.7. The van der Waals surface area contributed by atoms with Crippen LogP contribution in [-0.4, -0.2) is 31.3 Å². The number of aromatic nitrogens is 1. The van der Waals surface area contributed by atoms with Crippen molar-refractivity contribution < 1.29 is 27.6 Å². The van der Waals surface area contributed by atoms with Crippen LogP contribution in [0.4, 0.5) is 8.78 Å². The predicted molar refractivity (Wildman–Crippen MR) is 118 cm³/mol. The summed E-state index contributed by atoms with van der Waals surface area (Å²) in [6, 6.07) is 12.1. The Morgan fingerprint density at radius 1 is 1.19 bits per heavy atom. The van der Waals surface area contributed by atoms with Crippen molar-refractivity contribution in [3.63, 3.8) is 0 Å². The second-order valence-electron chi connectivity index (χ2n) is 6.96. The number of ether oxygens (including phenoxy) is 2. The predicted octanol–water partition coefficient (Wildman–Crippen LogP) is 5.17. The zero-order valence-corrected chi connectivity index (χ0v) is 18.8. The van der Waals surface area contributed by atoms with Crippen molar-refractivity contribution in [2.75, 3.05) is 13.7 Å². The third-order valence-corrected chi connectivity index (χ3v) is 5.93. The van der Waals surface area contributed by atoms with E-state index < -0.39 is 6.61 Å². The number of hydrogen-bond acceptors (Lipinski definition) is 6. The summed E-state index contributed by atoms with van der Waals surface area (Å²) >= 11 is 1.55. The van der Waals surface area contributed by atoms with Gasteiger partial charge in [0.1, 0.15) is 5.76 Å².